The van der Waals surface area contributed by atoms with E-state index in [-0.39, 0.29) is 11.9 Å². The van der Waals surface area contributed by atoms with Gasteiger partial charge in [0.1, 0.15) is 3.23 Å². The first-order chi connectivity index (χ1) is 7.64. The second-order valence-electron chi connectivity index (χ2n) is 4.00. The summed E-state index contributed by atoms with van der Waals surface area (Å²) in [4.78, 5) is 11.9. The predicted octanol–water partition coefficient (Wildman–Crippen LogP) is 4.95. The van der Waals surface area contributed by atoms with E-state index in [1.165, 1.54) is 7.11 Å². The average Bonchev–Trinajstić information content (AvgIpc) is 2.49. The Morgan fingerprint density at radius 3 is 2.12 bits per heavy atom. The van der Waals surface area contributed by atoms with Crippen LogP contribution in [-0.4, -0.2) is 25.0 Å². The molecule has 2 nitrogen and oxygen atoms in total. The van der Waals surface area contributed by atoms with Gasteiger partial charge in [0.15, 0.2) is 0 Å². The van der Waals surface area contributed by atoms with Gasteiger partial charge in [-0.3, -0.25) is 4.79 Å². The van der Waals surface area contributed by atoms with Crippen LogP contribution in [0.5, 0.6) is 0 Å². The molecule has 0 heterocycles. The third-order valence-electron chi connectivity index (χ3n) is 3.27. The van der Waals surface area contributed by atoms with Crippen LogP contribution >= 0.6 is 95.6 Å². The zero-order valence-corrected chi connectivity index (χ0v) is 17.9. The third kappa shape index (κ3) is 1.66. The van der Waals surface area contributed by atoms with Crippen LogP contribution in [0.25, 0.3) is 0 Å². The van der Waals surface area contributed by atoms with Crippen LogP contribution in [0.15, 0.2) is 8.96 Å². The Hall–Kier alpha value is 2.09. The van der Waals surface area contributed by atoms with Crippen LogP contribution in [0.1, 0.15) is 6.42 Å². The molecule has 1 saturated carbocycles. The Balaban J connectivity index is 2.62. The van der Waals surface area contributed by atoms with Crippen molar-refractivity contribution >= 4 is 102 Å². The average molecular weight is 626 g/mol. The molecule has 0 spiro atoms. The van der Waals surface area contributed by atoms with Crippen molar-refractivity contribution in [2.24, 2.45) is 5.92 Å². The van der Waals surface area contributed by atoms with Gasteiger partial charge in [-0.05, 0) is 6.42 Å². The zero-order chi connectivity index (χ0) is 13.2. The van der Waals surface area contributed by atoms with Crippen molar-refractivity contribution in [3.8, 4) is 0 Å². The first kappa shape index (κ1) is 15.5. The summed E-state index contributed by atoms with van der Waals surface area (Å²) in [6, 6.07) is 0. The van der Waals surface area contributed by atoms with Crippen molar-refractivity contribution in [2.45, 2.75) is 18.3 Å². The molecule has 8 heteroatoms. The number of methoxy groups -OCH3 is 1. The van der Waals surface area contributed by atoms with Gasteiger partial charge in [-0.25, -0.2) is 0 Å². The van der Waals surface area contributed by atoms with Gasteiger partial charge in [0, 0.05) is 8.96 Å². The van der Waals surface area contributed by atoms with Gasteiger partial charge in [0.05, 0.1) is 21.7 Å². The fourth-order valence-corrected chi connectivity index (χ4v) is 9.23. The van der Waals surface area contributed by atoms with Crippen LogP contribution in [0.4, 0.5) is 0 Å². The molecule has 0 radical (unpaired) electrons. The van der Waals surface area contributed by atoms with Crippen molar-refractivity contribution < 1.29 is 9.53 Å². The summed E-state index contributed by atoms with van der Waals surface area (Å²) in [5.41, 5.74) is 0. The highest BCUT2D eigenvalue weighted by molar-refractivity contribution is 9.27. The zero-order valence-electron chi connectivity index (χ0n) is 8.37. The minimum Gasteiger partial charge on any atom is -0.469 e. The highest BCUT2D eigenvalue weighted by Gasteiger charge is 2.77. The predicted molar refractivity (Wildman–Crippen MR) is 88.9 cm³/mol. The summed E-state index contributed by atoms with van der Waals surface area (Å²) < 4.78 is 5.26. The highest BCUT2D eigenvalue weighted by Crippen LogP contribution is 2.77. The number of carbonyl (C=O) groups excluding carboxylic acids is 1. The largest absolute Gasteiger partial charge is 0.469 e. The second kappa shape index (κ2) is 4.55. The van der Waals surface area contributed by atoms with Gasteiger partial charge in [0.25, 0.3) is 0 Å². The highest BCUT2D eigenvalue weighted by atomic mass is 79.9. The first-order valence-electron chi connectivity index (χ1n) is 4.54. The molecule has 0 aliphatic heterocycles. The standard InChI is InChI=1S/C9H6Br6O2/c1-17-6(16)3-2-7(12)4(10)5(11)8(3,13)9(7,14)15/h3H,2H2,1H3/t3-,7-,8+/m0/s1. The number of esters is 1. The molecule has 0 aromatic carbocycles. The van der Waals surface area contributed by atoms with Crippen molar-refractivity contribution in [2.75, 3.05) is 7.11 Å². The number of hydrogen-bond donors (Lipinski definition) is 0. The molecule has 0 amide bonds. The van der Waals surface area contributed by atoms with Crippen LogP contribution in [0.3, 0.4) is 0 Å². The van der Waals surface area contributed by atoms with E-state index in [1.54, 1.807) is 0 Å². The number of carbonyl (C=O) groups is 1. The molecule has 1 fully saturated rings. The van der Waals surface area contributed by atoms with Crippen LogP contribution < -0.4 is 0 Å². The number of allylic oxidation sites excluding steroid dienone is 2. The Morgan fingerprint density at radius 1 is 1.24 bits per heavy atom. The molecule has 0 aromatic heterocycles. The maximum absolute atomic E-state index is 11.9. The van der Waals surface area contributed by atoms with Gasteiger partial charge in [-0.15, -0.1) is 0 Å². The smallest absolute Gasteiger partial charge is 0.310 e. The lowest BCUT2D eigenvalue weighted by Crippen LogP contribution is -2.44. The SMILES string of the molecule is COC(=O)[C@@H]1C[C@]2(Br)C(Br)=C(Br)[C@@]1(Br)C2(Br)Br. The number of alkyl halides is 4. The van der Waals surface area contributed by atoms with Gasteiger partial charge < -0.3 is 4.74 Å². The topological polar surface area (TPSA) is 26.3 Å². The molecule has 0 unspecified atom stereocenters. The molecule has 0 saturated heterocycles. The van der Waals surface area contributed by atoms with Crippen LogP contribution in [0, 0.1) is 5.92 Å². The Bertz CT molecular complexity index is 433. The molecule has 2 bridgehead atoms. The molecular formula is C9H6Br6O2. The van der Waals surface area contributed by atoms with Gasteiger partial charge in [-0.2, -0.15) is 0 Å². The molecule has 96 valence electrons. The summed E-state index contributed by atoms with van der Waals surface area (Å²) in [6.45, 7) is 0. The van der Waals surface area contributed by atoms with Crippen molar-refractivity contribution in [1.82, 2.24) is 0 Å². The molecular weight excluding hydrogens is 620 g/mol. The normalized spacial score (nSPS) is 43.1. The summed E-state index contributed by atoms with van der Waals surface area (Å²) in [5.74, 6) is -0.523. The number of hydrogen-bond acceptors (Lipinski definition) is 2. The maximum atomic E-state index is 11.9. The monoisotopic (exact) mass is 620 g/mol. The third-order valence-corrected chi connectivity index (χ3v) is 14.5. The fraction of sp³-hybridized carbons (Fsp3) is 0.667. The van der Waals surface area contributed by atoms with E-state index in [2.05, 4.69) is 95.6 Å². The number of halogens is 6. The number of ether oxygens (including phenoxy) is 1. The van der Waals surface area contributed by atoms with E-state index in [1.807, 2.05) is 0 Å². The molecule has 17 heavy (non-hydrogen) atoms. The Labute approximate surface area is 149 Å². The molecule has 0 aromatic rings. The van der Waals surface area contributed by atoms with Crippen LogP contribution in [-0.2, 0) is 9.53 Å². The molecule has 2 aliphatic rings. The Kier molecular flexibility index (Phi) is 4.14. The van der Waals surface area contributed by atoms with Gasteiger partial charge in [-0.1, -0.05) is 95.6 Å². The molecule has 3 atom stereocenters. The van der Waals surface area contributed by atoms with E-state index in [0.717, 1.165) is 8.96 Å². The second-order valence-corrected chi connectivity index (χ2v) is 11.6. The number of fused-ring (bicyclic) bond motifs is 2. The van der Waals surface area contributed by atoms with Crippen molar-refractivity contribution in [3.63, 3.8) is 0 Å². The van der Waals surface area contributed by atoms with E-state index in [9.17, 15) is 4.79 Å². The van der Waals surface area contributed by atoms with Crippen molar-refractivity contribution in [1.29, 1.82) is 0 Å². The fourth-order valence-electron chi connectivity index (χ4n) is 2.30. The maximum Gasteiger partial charge on any atom is 0.310 e. The minimum absolute atomic E-state index is 0.233. The van der Waals surface area contributed by atoms with E-state index >= 15 is 0 Å². The summed E-state index contributed by atoms with van der Waals surface area (Å²) in [5, 5.41) is 0. The van der Waals surface area contributed by atoms with Crippen molar-refractivity contribution in [3.05, 3.63) is 8.96 Å². The van der Waals surface area contributed by atoms with E-state index in [4.69, 9.17) is 4.74 Å². The molecule has 2 aliphatic carbocycles. The summed E-state index contributed by atoms with van der Waals surface area (Å²) in [7, 11) is 1.41. The van der Waals surface area contributed by atoms with E-state index in [0.29, 0.717) is 6.42 Å². The van der Waals surface area contributed by atoms with Crippen LogP contribution in [0.2, 0.25) is 0 Å². The minimum atomic E-state index is -0.588. The lowest BCUT2D eigenvalue weighted by molar-refractivity contribution is -0.145. The first-order valence-corrected chi connectivity index (χ1v) is 9.30. The molecule has 0 N–H and O–H groups in total. The Morgan fingerprint density at radius 2 is 1.76 bits per heavy atom. The van der Waals surface area contributed by atoms with Gasteiger partial charge >= 0.3 is 5.97 Å². The molecule has 2 rings (SSSR count). The quantitative estimate of drug-likeness (QED) is 0.305. The van der Waals surface area contributed by atoms with E-state index < -0.39 is 11.9 Å². The summed E-state index contributed by atoms with van der Waals surface area (Å²) in [6.07, 6.45) is 0.622. The number of rotatable bonds is 1. The summed E-state index contributed by atoms with van der Waals surface area (Å²) >= 11 is 21.9. The lowest BCUT2D eigenvalue weighted by atomic mass is 9.93. The lowest BCUT2D eigenvalue weighted by Gasteiger charge is -2.34. The van der Waals surface area contributed by atoms with Gasteiger partial charge in [0.2, 0.25) is 0 Å².